The topological polar surface area (TPSA) is 107 Å². The lowest BCUT2D eigenvalue weighted by Crippen LogP contribution is -2.22. The Kier molecular flexibility index (Phi) is 6.79. The molecule has 3 aromatic rings. The number of aryl methyl sites for hydroxylation is 1. The second-order valence-electron chi connectivity index (χ2n) is 8.16. The normalized spacial score (nSPS) is 15.2. The summed E-state index contributed by atoms with van der Waals surface area (Å²) in [6, 6.07) is 15.2. The van der Waals surface area contributed by atoms with Crippen LogP contribution in [0.4, 0.5) is 23.1 Å². The van der Waals surface area contributed by atoms with Gasteiger partial charge in [-0.2, -0.15) is 10.2 Å². The number of nitrogens with one attached hydrogen (secondary N) is 2. The van der Waals surface area contributed by atoms with Gasteiger partial charge in [0, 0.05) is 49.6 Å². The van der Waals surface area contributed by atoms with Crippen molar-refractivity contribution < 1.29 is 4.79 Å². The van der Waals surface area contributed by atoms with E-state index in [0.29, 0.717) is 11.5 Å². The van der Waals surface area contributed by atoms with Crippen molar-refractivity contribution in [2.24, 2.45) is 0 Å². The molecule has 1 aliphatic heterocycles. The van der Waals surface area contributed by atoms with Gasteiger partial charge in [-0.25, -0.2) is 4.98 Å². The molecule has 1 saturated heterocycles. The molecule has 8 nitrogen and oxygen atoms in total. The summed E-state index contributed by atoms with van der Waals surface area (Å²) < 4.78 is 0. The maximum atomic E-state index is 11.6. The highest BCUT2D eigenvalue weighted by atomic mass is 16.1. The van der Waals surface area contributed by atoms with Gasteiger partial charge >= 0.3 is 0 Å². The molecule has 0 aliphatic carbocycles. The van der Waals surface area contributed by atoms with E-state index in [-0.39, 0.29) is 11.8 Å². The summed E-state index contributed by atoms with van der Waals surface area (Å²) in [5, 5.41) is 15.3. The highest BCUT2D eigenvalue weighted by Crippen LogP contribution is 2.33. The lowest BCUT2D eigenvalue weighted by molar-refractivity contribution is -0.114. The average molecular weight is 442 g/mol. The van der Waals surface area contributed by atoms with E-state index in [1.165, 1.54) is 6.92 Å². The third-order valence-corrected chi connectivity index (χ3v) is 5.57. The van der Waals surface area contributed by atoms with Crippen LogP contribution in [0.15, 0.2) is 48.7 Å². The molecular formula is C25H27N7O. The Balaban J connectivity index is 1.58. The number of anilines is 4. The zero-order valence-corrected chi connectivity index (χ0v) is 18.9. The van der Waals surface area contributed by atoms with Gasteiger partial charge in [0.15, 0.2) is 0 Å². The van der Waals surface area contributed by atoms with Gasteiger partial charge in [0.25, 0.3) is 0 Å². The molecule has 1 fully saturated rings. The van der Waals surface area contributed by atoms with Gasteiger partial charge in [0.05, 0.1) is 23.0 Å². The van der Waals surface area contributed by atoms with Crippen LogP contribution in [0.2, 0.25) is 0 Å². The fourth-order valence-electron chi connectivity index (χ4n) is 4.11. The molecule has 0 spiro atoms. The monoisotopic (exact) mass is 441 g/mol. The zero-order valence-electron chi connectivity index (χ0n) is 18.9. The molecule has 3 heterocycles. The van der Waals surface area contributed by atoms with Crippen molar-refractivity contribution in [3.05, 3.63) is 65.6 Å². The van der Waals surface area contributed by atoms with Crippen molar-refractivity contribution in [3.8, 4) is 6.07 Å². The number of hydrogen-bond donors (Lipinski definition) is 2. The molecule has 33 heavy (non-hydrogen) atoms. The molecule has 2 aromatic heterocycles. The molecule has 1 aromatic carbocycles. The van der Waals surface area contributed by atoms with Crippen LogP contribution in [0.3, 0.4) is 0 Å². The third-order valence-electron chi connectivity index (χ3n) is 5.57. The molecule has 0 bridgehead atoms. The van der Waals surface area contributed by atoms with Crippen molar-refractivity contribution in [1.29, 1.82) is 5.26 Å². The number of benzene rings is 1. The van der Waals surface area contributed by atoms with Crippen LogP contribution in [-0.2, 0) is 11.2 Å². The number of carbonyl (C=O) groups excluding carboxylic acids is 1. The predicted molar refractivity (Wildman–Crippen MR) is 129 cm³/mol. The summed E-state index contributed by atoms with van der Waals surface area (Å²) in [4.78, 5) is 27.9. The first kappa shape index (κ1) is 22.2. The number of pyridine rings is 1. The standard InChI is InChI=1S/C25H27N7O/c1-3-6-20-14-23(31-25(29-20)30-21-8-4-7-18(13-21)15-26)32-12-10-19(16-32)24-22(28-17(2)33)9-5-11-27-24/h4-5,7-9,11,13-14,19H,3,6,10,12,16H2,1-2H3,(H,28,33)(H,29,30,31)/t19-/m0/s1. The Bertz CT molecular complexity index is 1190. The second kappa shape index (κ2) is 10.1. The molecule has 2 N–H and O–H groups in total. The van der Waals surface area contributed by atoms with E-state index in [0.717, 1.165) is 60.9 Å². The van der Waals surface area contributed by atoms with Crippen molar-refractivity contribution >= 4 is 29.0 Å². The van der Waals surface area contributed by atoms with Gasteiger partial charge < -0.3 is 15.5 Å². The molecule has 1 atom stereocenters. The fraction of sp³-hybridized carbons (Fsp3) is 0.320. The minimum Gasteiger partial charge on any atom is -0.356 e. The first-order chi connectivity index (χ1) is 16.1. The Morgan fingerprint density at radius 1 is 1.24 bits per heavy atom. The summed E-state index contributed by atoms with van der Waals surface area (Å²) in [7, 11) is 0. The van der Waals surface area contributed by atoms with Gasteiger partial charge in [-0.1, -0.05) is 19.4 Å². The maximum absolute atomic E-state index is 11.6. The SMILES string of the molecule is CCCc1cc(N2CC[C@H](c3ncccc3NC(C)=O)C2)nc(Nc2cccc(C#N)c2)n1. The van der Waals surface area contributed by atoms with Crippen molar-refractivity contribution in [3.63, 3.8) is 0 Å². The molecule has 4 rings (SSSR count). The molecule has 168 valence electrons. The number of hydrogen-bond acceptors (Lipinski definition) is 7. The molecule has 0 saturated carbocycles. The van der Waals surface area contributed by atoms with Gasteiger partial charge in [-0.3, -0.25) is 9.78 Å². The van der Waals surface area contributed by atoms with Crippen LogP contribution in [0.5, 0.6) is 0 Å². The molecule has 8 heteroatoms. The van der Waals surface area contributed by atoms with Gasteiger partial charge in [0.1, 0.15) is 5.82 Å². The van der Waals surface area contributed by atoms with Crippen molar-refractivity contribution in [1.82, 2.24) is 15.0 Å². The Morgan fingerprint density at radius 2 is 2.12 bits per heavy atom. The summed E-state index contributed by atoms with van der Waals surface area (Å²) in [6.07, 6.45) is 4.53. The number of aromatic nitrogens is 3. The quantitative estimate of drug-likeness (QED) is 0.560. The minimum atomic E-state index is -0.102. The van der Waals surface area contributed by atoms with E-state index in [9.17, 15) is 10.1 Å². The van der Waals surface area contributed by atoms with Gasteiger partial charge in [-0.15, -0.1) is 0 Å². The Labute approximate surface area is 193 Å². The highest BCUT2D eigenvalue weighted by Gasteiger charge is 2.28. The predicted octanol–water partition coefficient (Wildman–Crippen LogP) is 4.39. The molecule has 0 unspecified atom stereocenters. The summed E-state index contributed by atoms with van der Waals surface area (Å²) in [5.41, 5.74) is 4.01. The first-order valence-electron chi connectivity index (χ1n) is 11.2. The van der Waals surface area contributed by atoms with E-state index in [4.69, 9.17) is 4.98 Å². The third kappa shape index (κ3) is 5.44. The Morgan fingerprint density at radius 3 is 2.91 bits per heavy atom. The number of carbonyl (C=O) groups is 1. The van der Waals surface area contributed by atoms with Gasteiger partial charge in [-0.05, 0) is 43.2 Å². The van der Waals surface area contributed by atoms with Crippen molar-refractivity contribution in [2.45, 2.75) is 39.0 Å². The minimum absolute atomic E-state index is 0.102. The second-order valence-corrected chi connectivity index (χ2v) is 8.16. The van der Waals surface area contributed by atoms with Gasteiger partial charge in [0.2, 0.25) is 11.9 Å². The largest absolute Gasteiger partial charge is 0.356 e. The first-order valence-corrected chi connectivity index (χ1v) is 11.2. The number of nitriles is 1. The van der Waals surface area contributed by atoms with E-state index >= 15 is 0 Å². The van der Waals surface area contributed by atoms with Crippen LogP contribution in [-0.4, -0.2) is 33.9 Å². The van der Waals surface area contributed by atoms with E-state index in [2.05, 4.69) is 44.6 Å². The lowest BCUT2D eigenvalue weighted by atomic mass is 10.0. The van der Waals surface area contributed by atoms with Crippen LogP contribution in [0.1, 0.15) is 49.6 Å². The smallest absolute Gasteiger partial charge is 0.229 e. The fourth-order valence-corrected chi connectivity index (χ4v) is 4.11. The number of nitrogens with zero attached hydrogens (tertiary/aromatic N) is 5. The zero-order chi connectivity index (χ0) is 23.2. The van der Waals surface area contributed by atoms with Crippen LogP contribution < -0.4 is 15.5 Å². The summed E-state index contributed by atoms with van der Waals surface area (Å²) in [6.45, 7) is 5.23. The summed E-state index contributed by atoms with van der Waals surface area (Å²) >= 11 is 0. The van der Waals surface area contributed by atoms with Crippen molar-refractivity contribution in [2.75, 3.05) is 28.6 Å². The van der Waals surface area contributed by atoms with Crippen LogP contribution >= 0.6 is 0 Å². The molecule has 0 radical (unpaired) electrons. The maximum Gasteiger partial charge on any atom is 0.229 e. The van der Waals surface area contributed by atoms with E-state index in [1.54, 1.807) is 18.3 Å². The van der Waals surface area contributed by atoms with E-state index < -0.39 is 0 Å². The summed E-state index contributed by atoms with van der Waals surface area (Å²) in [5.74, 6) is 1.48. The van der Waals surface area contributed by atoms with Crippen LogP contribution in [0.25, 0.3) is 0 Å². The van der Waals surface area contributed by atoms with Crippen LogP contribution in [0, 0.1) is 11.3 Å². The number of rotatable bonds is 7. The Hall–Kier alpha value is -3.99. The average Bonchev–Trinajstić information content (AvgIpc) is 3.29. The number of amides is 1. The lowest BCUT2D eigenvalue weighted by Gasteiger charge is -2.20. The molecule has 1 amide bonds. The van der Waals surface area contributed by atoms with E-state index in [1.807, 2.05) is 24.3 Å². The molecular weight excluding hydrogens is 414 g/mol. The highest BCUT2D eigenvalue weighted by molar-refractivity contribution is 5.89. The molecule has 1 aliphatic rings.